The van der Waals surface area contributed by atoms with Gasteiger partial charge in [0, 0.05) is 13.0 Å². The largest absolute Gasteiger partial charge is 0.496 e. The molecule has 186 valence electrons. The number of methoxy groups -OCH3 is 1. The maximum atomic E-state index is 12.5. The Bertz CT molecular complexity index is 1240. The minimum Gasteiger partial charge on any atom is -0.496 e. The molecule has 0 saturated heterocycles. The molecule has 0 bridgehead atoms. The first-order valence-electron chi connectivity index (χ1n) is 11.7. The highest BCUT2D eigenvalue weighted by molar-refractivity contribution is 5.96. The van der Waals surface area contributed by atoms with Crippen LogP contribution in [0.25, 0.3) is 11.1 Å². The summed E-state index contributed by atoms with van der Waals surface area (Å²) < 4.78 is 10.8. The van der Waals surface area contributed by atoms with E-state index in [9.17, 15) is 19.5 Å². The van der Waals surface area contributed by atoms with E-state index in [1.54, 1.807) is 18.2 Å². The summed E-state index contributed by atoms with van der Waals surface area (Å²) in [6, 6.07) is 19.9. The number of aliphatic carboxylic acids is 1. The number of aryl methyl sites for hydroxylation is 1. The number of alkyl carbamates (subject to hydrolysis) is 1. The van der Waals surface area contributed by atoms with Gasteiger partial charge in [0.2, 0.25) is 0 Å². The maximum absolute atomic E-state index is 12.5. The van der Waals surface area contributed by atoms with Crippen LogP contribution in [0, 0.1) is 0 Å². The first-order valence-corrected chi connectivity index (χ1v) is 11.7. The summed E-state index contributed by atoms with van der Waals surface area (Å²) in [7, 11) is 2.99. The third kappa shape index (κ3) is 5.17. The molecule has 1 aliphatic rings. The normalized spacial score (nSPS) is 12.7. The van der Waals surface area contributed by atoms with E-state index >= 15 is 0 Å². The van der Waals surface area contributed by atoms with E-state index in [2.05, 4.69) is 10.6 Å². The first-order chi connectivity index (χ1) is 17.4. The molecule has 8 nitrogen and oxygen atoms in total. The van der Waals surface area contributed by atoms with Gasteiger partial charge in [-0.15, -0.1) is 0 Å². The highest BCUT2D eigenvalue weighted by Gasteiger charge is 2.29. The second-order valence-electron chi connectivity index (χ2n) is 8.51. The van der Waals surface area contributed by atoms with Crippen LogP contribution in [0.2, 0.25) is 0 Å². The molecule has 2 amide bonds. The molecule has 0 heterocycles. The van der Waals surface area contributed by atoms with Crippen molar-refractivity contribution in [3.8, 4) is 16.9 Å². The molecule has 3 N–H and O–H groups in total. The quantitative estimate of drug-likeness (QED) is 0.420. The summed E-state index contributed by atoms with van der Waals surface area (Å²) >= 11 is 0. The highest BCUT2D eigenvalue weighted by atomic mass is 16.5. The van der Waals surface area contributed by atoms with Crippen molar-refractivity contribution in [2.45, 2.75) is 24.8 Å². The zero-order valence-corrected chi connectivity index (χ0v) is 20.1. The number of carboxylic acids is 1. The lowest BCUT2D eigenvalue weighted by molar-refractivity contribution is -0.139. The van der Waals surface area contributed by atoms with E-state index in [0.717, 1.165) is 27.8 Å². The van der Waals surface area contributed by atoms with E-state index in [-0.39, 0.29) is 24.9 Å². The Morgan fingerprint density at radius 2 is 1.61 bits per heavy atom. The van der Waals surface area contributed by atoms with Crippen LogP contribution in [-0.2, 0) is 16.0 Å². The minimum absolute atomic E-state index is 0.102. The van der Waals surface area contributed by atoms with Crippen molar-refractivity contribution in [2.24, 2.45) is 0 Å². The third-order valence-electron chi connectivity index (χ3n) is 6.39. The average molecular weight is 489 g/mol. The molecule has 1 atom stereocenters. The molecule has 0 aliphatic heterocycles. The Labute approximate surface area is 209 Å². The zero-order chi connectivity index (χ0) is 25.7. The molecule has 0 spiro atoms. The Morgan fingerprint density at radius 3 is 2.19 bits per heavy atom. The summed E-state index contributed by atoms with van der Waals surface area (Å²) in [5.74, 6) is -1.16. The average Bonchev–Trinajstić information content (AvgIpc) is 3.22. The summed E-state index contributed by atoms with van der Waals surface area (Å²) in [6.07, 6.45) is -0.288. The summed E-state index contributed by atoms with van der Waals surface area (Å²) in [5.41, 5.74) is 5.55. The van der Waals surface area contributed by atoms with Crippen molar-refractivity contribution in [1.29, 1.82) is 0 Å². The molecule has 1 aliphatic carbocycles. The van der Waals surface area contributed by atoms with Gasteiger partial charge in [0.1, 0.15) is 18.4 Å². The van der Waals surface area contributed by atoms with Gasteiger partial charge in [0.15, 0.2) is 0 Å². The molecule has 8 heteroatoms. The van der Waals surface area contributed by atoms with E-state index in [0.29, 0.717) is 17.7 Å². The van der Waals surface area contributed by atoms with Crippen LogP contribution >= 0.6 is 0 Å². The van der Waals surface area contributed by atoms with E-state index in [4.69, 9.17) is 9.47 Å². The Morgan fingerprint density at radius 1 is 0.972 bits per heavy atom. The lowest BCUT2D eigenvalue weighted by Crippen LogP contribution is -2.41. The van der Waals surface area contributed by atoms with Gasteiger partial charge in [-0.1, -0.05) is 54.6 Å². The van der Waals surface area contributed by atoms with Crippen LogP contribution < -0.4 is 15.4 Å². The van der Waals surface area contributed by atoms with Gasteiger partial charge in [-0.2, -0.15) is 0 Å². The third-order valence-corrected chi connectivity index (χ3v) is 6.39. The van der Waals surface area contributed by atoms with Crippen LogP contribution in [0.1, 0.15) is 39.4 Å². The fourth-order valence-corrected chi connectivity index (χ4v) is 4.56. The predicted octanol–water partition coefficient (Wildman–Crippen LogP) is 3.98. The van der Waals surface area contributed by atoms with Gasteiger partial charge in [-0.3, -0.25) is 4.79 Å². The van der Waals surface area contributed by atoms with E-state index in [1.807, 2.05) is 48.5 Å². The summed E-state index contributed by atoms with van der Waals surface area (Å²) in [4.78, 5) is 36.3. The van der Waals surface area contributed by atoms with Gasteiger partial charge >= 0.3 is 12.1 Å². The Hall–Kier alpha value is -4.33. The molecule has 0 saturated carbocycles. The smallest absolute Gasteiger partial charge is 0.407 e. The van der Waals surface area contributed by atoms with Crippen LogP contribution in [0.3, 0.4) is 0 Å². The number of ether oxygens (including phenoxy) is 2. The van der Waals surface area contributed by atoms with E-state index in [1.165, 1.54) is 14.2 Å². The number of carboxylic acid groups (broad SMARTS) is 1. The van der Waals surface area contributed by atoms with Crippen molar-refractivity contribution in [3.05, 3.63) is 89.0 Å². The van der Waals surface area contributed by atoms with Crippen molar-refractivity contribution in [1.82, 2.24) is 10.6 Å². The molecule has 3 aromatic rings. The Kier molecular flexibility index (Phi) is 7.53. The SMILES string of the molecule is CNC(=O)c1ccc(CC[C@H](NC(=O)OCC2c3ccccc3-c3ccccc32)C(=O)O)cc1OC. The predicted molar refractivity (Wildman–Crippen MR) is 134 cm³/mol. The lowest BCUT2D eigenvalue weighted by atomic mass is 9.98. The number of amides is 2. The Balaban J connectivity index is 1.38. The number of hydrogen-bond donors (Lipinski definition) is 3. The number of fused-ring (bicyclic) bond motifs is 3. The first kappa shape index (κ1) is 24.8. The van der Waals surface area contributed by atoms with Crippen LogP contribution in [0.4, 0.5) is 4.79 Å². The molecule has 0 radical (unpaired) electrons. The molecule has 0 aromatic heterocycles. The maximum Gasteiger partial charge on any atom is 0.407 e. The van der Waals surface area contributed by atoms with Gasteiger partial charge < -0.3 is 25.2 Å². The monoisotopic (exact) mass is 488 g/mol. The number of carbonyl (C=O) groups is 3. The molecule has 0 fully saturated rings. The van der Waals surface area contributed by atoms with Crippen LogP contribution in [0.15, 0.2) is 66.7 Å². The van der Waals surface area contributed by atoms with Crippen molar-refractivity contribution in [2.75, 3.05) is 20.8 Å². The molecule has 4 rings (SSSR count). The topological polar surface area (TPSA) is 114 Å². The van der Waals surface area contributed by atoms with Crippen molar-refractivity contribution < 1.29 is 29.0 Å². The number of nitrogens with one attached hydrogen (secondary N) is 2. The van der Waals surface area contributed by atoms with Crippen molar-refractivity contribution in [3.63, 3.8) is 0 Å². The second kappa shape index (κ2) is 10.9. The number of rotatable bonds is 9. The van der Waals surface area contributed by atoms with Gasteiger partial charge in [-0.25, -0.2) is 9.59 Å². The fraction of sp³-hybridized carbons (Fsp3) is 0.250. The number of benzene rings is 3. The van der Waals surface area contributed by atoms with Crippen molar-refractivity contribution >= 4 is 18.0 Å². The summed E-state index contributed by atoms with van der Waals surface area (Å²) in [6.45, 7) is 0.102. The van der Waals surface area contributed by atoms with Crippen LogP contribution in [0.5, 0.6) is 5.75 Å². The molecular formula is C28H28N2O6. The molecular weight excluding hydrogens is 460 g/mol. The highest BCUT2D eigenvalue weighted by Crippen LogP contribution is 2.44. The second-order valence-corrected chi connectivity index (χ2v) is 8.51. The number of carbonyl (C=O) groups excluding carboxylic acids is 2. The molecule has 36 heavy (non-hydrogen) atoms. The molecule has 0 unspecified atom stereocenters. The fourth-order valence-electron chi connectivity index (χ4n) is 4.56. The number of hydrogen-bond acceptors (Lipinski definition) is 5. The van der Waals surface area contributed by atoms with Crippen LogP contribution in [-0.4, -0.2) is 49.9 Å². The van der Waals surface area contributed by atoms with E-state index < -0.39 is 18.1 Å². The van der Waals surface area contributed by atoms with Gasteiger partial charge in [0.05, 0.1) is 12.7 Å². The molecule has 3 aromatic carbocycles. The summed E-state index contributed by atoms with van der Waals surface area (Å²) in [5, 5.41) is 14.7. The lowest BCUT2D eigenvalue weighted by Gasteiger charge is -2.18. The standard InChI is InChI=1S/C28H28N2O6/c1-29-26(31)22-13-11-17(15-25(22)35-2)12-14-24(27(32)33)30-28(34)36-16-23-20-9-5-3-7-18(20)19-8-4-6-10-21(19)23/h3-11,13,15,23-24H,12,14,16H2,1-2H3,(H,29,31)(H,30,34)(H,32,33)/t24-/m0/s1. The zero-order valence-electron chi connectivity index (χ0n) is 20.1. The minimum atomic E-state index is -1.16. The van der Waals surface area contributed by atoms with Gasteiger partial charge in [0.25, 0.3) is 5.91 Å². The van der Waals surface area contributed by atoms with Gasteiger partial charge in [-0.05, 0) is 52.8 Å².